The Bertz CT molecular complexity index is 1250. The van der Waals surface area contributed by atoms with Crippen LogP contribution in [0.25, 0.3) is 22.1 Å². The molecule has 0 spiro atoms. The van der Waals surface area contributed by atoms with Gasteiger partial charge in [-0.1, -0.05) is 12.1 Å². The first-order valence-electron chi connectivity index (χ1n) is 7.28. The van der Waals surface area contributed by atoms with Gasteiger partial charge in [-0.05, 0) is 12.1 Å². The van der Waals surface area contributed by atoms with Gasteiger partial charge in [-0.2, -0.15) is 0 Å². The summed E-state index contributed by atoms with van der Waals surface area (Å²) in [6.45, 7) is -0.106. The summed E-state index contributed by atoms with van der Waals surface area (Å²) in [5, 5.41) is 11.5. The van der Waals surface area contributed by atoms with Crippen molar-refractivity contribution >= 4 is 27.8 Å². The average Bonchev–Trinajstić information content (AvgIpc) is 2.96. The number of aromatic amines is 1. The van der Waals surface area contributed by atoms with Crippen LogP contribution in [0.4, 0.5) is 5.69 Å². The van der Waals surface area contributed by atoms with Crippen LogP contribution in [-0.4, -0.2) is 19.5 Å². The lowest BCUT2D eigenvalue weighted by Crippen LogP contribution is -2.22. The van der Waals surface area contributed by atoms with Crippen molar-refractivity contribution in [1.29, 1.82) is 0 Å². The molecule has 3 aromatic heterocycles. The van der Waals surface area contributed by atoms with Crippen molar-refractivity contribution in [3.05, 3.63) is 79.2 Å². The van der Waals surface area contributed by atoms with Crippen molar-refractivity contribution in [2.24, 2.45) is 0 Å². The van der Waals surface area contributed by atoms with E-state index in [9.17, 15) is 19.7 Å². The molecule has 0 saturated carbocycles. The topological polar surface area (TPSA) is 124 Å². The lowest BCUT2D eigenvalue weighted by Gasteiger charge is -2.04. The fraction of sp³-hybridized carbons (Fsp3) is 0.0625. The summed E-state index contributed by atoms with van der Waals surface area (Å²) in [6.07, 6.45) is 1.11. The Morgan fingerprint density at radius 2 is 2.00 bits per heavy atom. The smallest absolute Gasteiger partial charge is 0.294 e. The molecule has 0 aliphatic rings. The number of nitro groups is 1. The molecule has 0 bridgehead atoms. The van der Waals surface area contributed by atoms with Gasteiger partial charge in [0, 0.05) is 17.5 Å². The number of hydrogen-bond acceptors (Lipinski definition) is 6. The van der Waals surface area contributed by atoms with Crippen molar-refractivity contribution in [3.63, 3.8) is 0 Å². The van der Waals surface area contributed by atoms with E-state index in [2.05, 4.69) is 9.97 Å². The number of pyridine rings is 1. The second kappa shape index (κ2) is 5.41. The first kappa shape index (κ1) is 14.8. The molecule has 9 heteroatoms. The normalized spacial score (nSPS) is 11.2. The Balaban J connectivity index is 1.87. The number of benzene rings is 1. The Labute approximate surface area is 138 Å². The highest BCUT2D eigenvalue weighted by molar-refractivity contribution is 6.01. The Kier molecular flexibility index (Phi) is 3.21. The Morgan fingerprint density at radius 3 is 2.80 bits per heavy atom. The van der Waals surface area contributed by atoms with Gasteiger partial charge in [0.1, 0.15) is 16.9 Å². The number of nitrogens with zero attached hydrogens (tertiary/aromatic N) is 3. The molecule has 4 rings (SSSR count). The highest BCUT2D eigenvalue weighted by Gasteiger charge is 2.14. The average molecular weight is 338 g/mol. The number of aromatic nitrogens is 3. The second-order valence-electron chi connectivity index (χ2n) is 5.40. The van der Waals surface area contributed by atoms with Gasteiger partial charge in [-0.25, -0.2) is 4.98 Å². The lowest BCUT2D eigenvalue weighted by molar-refractivity contribution is -0.385. The molecule has 4 aromatic rings. The largest absolute Gasteiger partial charge is 0.449 e. The van der Waals surface area contributed by atoms with Gasteiger partial charge in [-0.15, -0.1) is 0 Å². The molecule has 0 saturated heterocycles. The zero-order chi connectivity index (χ0) is 17.6. The van der Waals surface area contributed by atoms with Crippen molar-refractivity contribution in [2.75, 3.05) is 0 Å². The van der Waals surface area contributed by atoms with Crippen LogP contribution < -0.4 is 11.1 Å². The molecule has 0 fully saturated rings. The molecule has 124 valence electrons. The van der Waals surface area contributed by atoms with E-state index in [0.717, 1.165) is 22.9 Å². The van der Waals surface area contributed by atoms with Crippen LogP contribution in [0, 0.1) is 10.1 Å². The highest BCUT2D eigenvalue weighted by Crippen LogP contribution is 2.24. The van der Waals surface area contributed by atoms with Gasteiger partial charge in [0.25, 0.3) is 16.8 Å². The molecule has 9 nitrogen and oxygen atoms in total. The van der Waals surface area contributed by atoms with E-state index in [0.29, 0.717) is 16.5 Å². The van der Waals surface area contributed by atoms with Gasteiger partial charge < -0.3 is 14.0 Å². The fourth-order valence-electron chi connectivity index (χ4n) is 2.63. The minimum Gasteiger partial charge on any atom is -0.449 e. The highest BCUT2D eigenvalue weighted by atomic mass is 16.6. The van der Waals surface area contributed by atoms with E-state index in [1.165, 1.54) is 0 Å². The molecule has 0 aliphatic carbocycles. The Morgan fingerprint density at radius 1 is 1.20 bits per heavy atom. The SMILES string of the molecule is O=c1[nH]c(Cn2cc([N+](=O)[O-])ccc2=O)nc2c1oc1ccccc12. The van der Waals surface area contributed by atoms with Crippen LogP contribution in [0.2, 0.25) is 0 Å². The molecule has 0 atom stereocenters. The molecule has 0 unspecified atom stereocenters. The van der Waals surface area contributed by atoms with Crippen molar-refractivity contribution in [1.82, 2.24) is 14.5 Å². The van der Waals surface area contributed by atoms with Crippen LogP contribution in [0.3, 0.4) is 0 Å². The number of para-hydroxylation sites is 1. The molecule has 25 heavy (non-hydrogen) atoms. The monoisotopic (exact) mass is 338 g/mol. The summed E-state index contributed by atoms with van der Waals surface area (Å²) in [5.41, 5.74) is -0.138. The number of furan rings is 1. The standard InChI is InChI=1S/C16H10N4O5/c21-13-6-5-9(20(23)24)7-19(13)8-12-17-14-10-3-1-2-4-11(10)25-15(14)16(22)18-12/h1-7H,8H2,(H,17,18,22). The first-order chi connectivity index (χ1) is 12.0. The summed E-state index contributed by atoms with van der Waals surface area (Å²) in [6, 6.07) is 9.30. The van der Waals surface area contributed by atoms with Crippen molar-refractivity contribution < 1.29 is 9.34 Å². The molecular weight excluding hydrogens is 328 g/mol. The summed E-state index contributed by atoms with van der Waals surface area (Å²) >= 11 is 0. The number of H-pyrrole nitrogens is 1. The zero-order valence-electron chi connectivity index (χ0n) is 12.6. The molecule has 3 heterocycles. The number of nitrogens with one attached hydrogen (secondary N) is 1. The van der Waals surface area contributed by atoms with Gasteiger partial charge >= 0.3 is 0 Å². The van der Waals surface area contributed by atoms with Crippen LogP contribution in [0.1, 0.15) is 5.82 Å². The van der Waals surface area contributed by atoms with E-state index in [1.807, 2.05) is 0 Å². The minimum atomic E-state index is -0.598. The third-order valence-electron chi connectivity index (χ3n) is 3.78. The molecule has 0 amide bonds. The zero-order valence-corrected chi connectivity index (χ0v) is 12.6. The van der Waals surface area contributed by atoms with Gasteiger partial charge in [0.2, 0.25) is 5.58 Å². The van der Waals surface area contributed by atoms with E-state index in [4.69, 9.17) is 4.42 Å². The summed E-state index contributed by atoms with van der Waals surface area (Å²) in [5.74, 6) is 0.201. The van der Waals surface area contributed by atoms with E-state index in [1.54, 1.807) is 24.3 Å². The summed E-state index contributed by atoms with van der Waals surface area (Å²) in [7, 11) is 0. The quantitative estimate of drug-likeness (QED) is 0.448. The molecule has 1 N–H and O–H groups in total. The van der Waals surface area contributed by atoms with E-state index < -0.39 is 16.0 Å². The van der Waals surface area contributed by atoms with Crippen LogP contribution in [0.15, 0.2) is 56.6 Å². The van der Waals surface area contributed by atoms with E-state index >= 15 is 0 Å². The fourth-order valence-corrected chi connectivity index (χ4v) is 2.63. The molecule has 0 radical (unpaired) electrons. The first-order valence-corrected chi connectivity index (χ1v) is 7.28. The predicted octanol–water partition coefficient (Wildman–Crippen LogP) is 1.79. The third kappa shape index (κ3) is 2.47. The minimum absolute atomic E-state index is 0.0938. The number of rotatable bonds is 3. The van der Waals surface area contributed by atoms with Crippen molar-refractivity contribution in [2.45, 2.75) is 6.54 Å². The summed E-state index contributed by atoms with van der Waals surface area (Å²) in [4.78, 5) is 41.3. The summed E-state index contributed by atoms with van der Waals surface area (Å²) < 4.78 is 6.61. The maximum Gasteiger partial charge on any atom is 0.294 e. The lowest BCUT2D eigenvalue weighted by atomic mass is 10.2. The van der Waals surface area contributed by atoms with Crippen LogP contribution >= 0.6 is 0 Å². The second-order valence-corrected chi connectivity index (χ2v) is 5.40. The number of hydrogen-bond donors (Lipinski definition) is 1. The maximum absolute atomic E-state index is 12.2. The molecular formula is C16H10N4O5. The van der Waals surface area contributed by atoms with E-state index in [-0.39, 0.29) is 23.6 Å². The third-order valence-corrected chi connectivity index (χ3v) is 3.78. The van der Waals surface area contributed by atoms with Crippen LogP contribution in [-0.2, 0) is 6.54 Å². The maximum atomic E-state index is 12.2. The van der Waals surface area contributed by atoms with Crippen LogP contribution in [0.5, 0.6) is 0 Å². The molecule has 0 aliphatic heterocycles. The van der Waals surface area contributed by atoms with Gasteiger partial charge in [0.05, 0.1) is 17.7 Å². The Hall–Kier alpha value is -3.75. The molecule has 1 aromatic carbocycles. The number of fused-ring (bicyclic) bond motifs is 3. The predicted molar refractivity (Wildman–Crippen MR) is 88.6 cm³/mol. The van der Waals surface area contributed by atoms with Crippen molar-refractivity contribution in [3.8, 4) is 0 Å². The van der Waals surface area contributed by atoms with Gasteiger partial charge in [-0.3, -0.25) is 19.7 Å². The van der Waals surface area contributed by atoms with Gasteiger partial charge in [0.15, 0.2) is 0 Å².